The first-order valence-corrected chi connectivity index (χ1v) is 17.4. The number of hydrogen-bond donors (Lipinski definition) is 1. The van der Waals surface area contributed by atoms with Crippen molar-refractivity contribution < 1.29 is 9.53 Å². The van der Waals surface area contributed by atoms with Crippen molar-refractivity contribution in [3.63, 3.8) is 0 Å². The fourth-order valence-corrected chi connectivity index (χ4v) is 10.8. The third-order valence-corrected chi connectivity index (χ3v) is 12.4. The SMILES string of the molecule is COc1cnc(-c2cc(-c3cccc4c3CCN3C5=C(C(=O)CC(C)C5)C5(CC43)SCCCS5)ccn2)nc1NC(C)C. The molecule has 43 heavy (non-hydrogen) atoms. The fraction of sp³-hybridized carbons (Fsp3) is 0.471. The lowest BCUT2D eigenvalue weighted by atomic mass is 9.76. The van der Waals surface area contributed by atoms with Gasteiger partial charge in [-0.3, -0.25) is 9.78 Å². The second-order valence-corrected chi connectivity index (χ2v) is 15.5. The van der Waals surface area contributed by atoms with Crippen LogP contribution in [-0.4, -0.2) is 60.9 Å². The van der Waals surface area contributed by atoms with Gasteiger partial charge in [-0.1, -0.05) is 25.1 Å². The molecule has 0 bridgehead atoms. The zero-order chi connectivity index (χ0) is 29.7. The summed E-state index contributed by atoms with van der Waals surface area (Å²) < 4.78 is 5.37. The Kier molecular flexibility index (Phi) is 7.66. The van der Waals surface area contributed by atoms with Gasteiger partial charge in [-0.05, 0) is 84.9 Å². The van der Waals surface area contributed by atoms with Gasteiger partial charge in [0.25, 0.3) is 0 Å². The number of nitrogens with zero attached hydrogens (tertiary/aromatic N) is 4. The van der Waals surface area contributed by atoms with Crippen molar-refractivity contribution in [1.29, 1.82) is 0 Å². The van der Waals surface area contributed by atoms with Gasteiger partial charge in [-0.15, -0.1) is 23.5 Å². The molecular formula is C34H39N5O2S2. The van der Waals surface area contributed by atoms with Gasteiger partial charge in [0.1, 0.15) is 5.69 Å². The van der Waals surface area contributed by atoms with Crippen LogP contribution >= 0.6 is 23.5 Å². The molecule has 7 rings (SSSR count). The van der Waals surface area contributed by atoms with E-state index >= 15 is 0 Å². The summed E-state index contributed by atoms with van der Waals surface area (Å²) in [6, 6.07) is 11.5. The molecule has 0 radical (unpaired) electrons. The minimum atomic E-state index is -0.117. The Bertz CT molecular complexity index is 1600. The minimum absolute atomic E-state index is 0.117. The van der Waals surface area contributed by atoms with Crippen LogP contribution in [0.5, 0.6) is 5.75 Å². The number of ether oxygens (including phenoxy) is 1. The summed E-state index contributed by atoms with van der Waals surface area (Å²) in [5, 5.41) is 3.36. The maximum Gasteiger partial charge on any atom is 0.180 e. The Hall–Kier alpha value is -3.04. The summed E-state index contributed by atoms with van der Waals surface area (Å²) in [6.45, 7) is 7.33. The Morgan fingerprint density at radius 1 is 1.14 bits per heavy atom. The van der Waals surface area contributed by atoms with Crippen LogP contribution in [0.4, 0.5) is 5.82 Å². The normalized spacial score (nSPS) is 22.7. The Labute approximate surface area is 262 Å². The van der Waals surface area contributed by atoms with E-state index < -0.39 is 0 Å². The molecule has 5 heterocycles. The molecule has 4 aliphatic rings. The summed E-state index contributed by atoms with van der Waals surface area (Å²) in [4.78, 5) is 30.2. The Morgan fingerprint density at radius 3 is 2.77 bits per heavy atom. The highest BCUT2D eigenvalue weighted by Crippen LogP contribution is 2.60. The van der Waals surface area contributed by atoms with Crippen molar-refractivity contribution in [2.24, 2.45) is 5.92 Å². The molecule has 1 saturated heterocycles. The van der Waals surface area contributed by atoms with Crippen molar-refractivity contribution in [1.82, 2.24) is 19.9 Å². The molecule has 2 unspecified atom stereocenters. The summed E-state index contributed by atoms with van der Waals surface area (Å²) in [7, 11) is 1.63. The molecule has 0 amide bonds. The average Bonchev–Trinajstić information content (AvgIpc) is 3.00. The smallest absolute Gasteiger partial charge is 0.180 e. The highest BCUT2D eigenvalue weighted by Gasteiger charge is 2.52. The number of nitrogens with one attached hydrogen (secondary N) is 1. The zero-order valence-electron chi connectivity index (χ0n) is 25.4. The van der Waals surface area contributed by atoms with Crippen molar-refractivity contribution in [2.45, 2.75) is 69.0 Å². The lowest BCUT2D eigenvalue weighted by molar-refractivity contribution is -0.117. The molecule has 0 saturated carbocycles. The predicted octanol–water partition coefficient (Wildman–Crippen LogP) is 7.16. The number of pyridine rings is 1. The first kappa shape index (κ1) is 28.7. The number of fused-ring (bicyclic) bond motifs is 5. The first-order valence-electron chi connectivity index (χ1n) is 15.4. The number of ketones is 1. The predicted molar refractivity (Wildman–Crippen MR) is 176 cm³/mol. The van der Waals surface area contributed by atoms with E-state index in [0.717, 1.165) is 54.1 Å². The van der Waals surface area contributed by atoms with Gasteiger partial charge in [0.15, 0.2) is 23.2 Å². The van der Waals surface area contributed by atoms with Crippen LogP contribution < -0.4 is 10.1 Å². The van der Waals surface area contributed by atoms with Crippen molar-refractivity contribution in [3.05, 3.63) is 65.1 Å². The molecule has 1 aromatic carbocycles. The van der Waals surface area contributed by atoms with Gasteiger partial charge in [0.2, 0.25) is 0 Å². The molecule has 1 spiro atoms. The van der Waals surface area contributed by atoms with Crippen LogP contribution in [0.25, 0.3) is 22.6 Å². The van der Waals surface area contributed by atoms with Crippen molar-refractivity contribution >= 4 is 35.1 Å². The number of anilines is 1. The van der Waals surface area contributed by atoms with Crippen LogP contribution in [0.1, 0.15) is 63.6 Å². The average molecular weight is 614 g/mol. The molecular weight excluding hydrogens is 575 g/mol. The number of hydrogen-bond acceptors (Lipinski definition) is 9. The molecule has 2 atom stereocenters. The van der Waals surface area contributed by atoms with Crippen LogP contribution in [0.15, 0.2) is 54.0 Å². The van der Waals surface area contributed by atoms with E-state index in [1.165, 1.54) is 28.8 Å². The number of carbonyl (C=O) groups excluding carboxylic acids is 1. The summed E-state index contributed by atoms with van der Waals surface area (Å²) >= 11 is 4.07. The lowest BCUT2D eigenvalue weighted by Crippen LogP contribution is -2.49. The molecule has 3 aliphatic heterocycles. The lowest BCUT2D eigenvalue weighted by Gasteiger charge is -2.54. The second kappa shape index (κ2) is 11.5. The maximum absolute atomic E-state index is 13.6. The molecule has 1 N–H and O–H groups in total. The van der Waals surface area contributed by atoms with E-state index in [1.807, 2.05) is 29.7 Å². The van der Waals surface area contributed by atoms with E-state index in [1.54, 1.807) is 13.3 Å². The number of allylic oxidation sites excluding steroid dienone is 1. The van der Waals surface area contributed by atoms with Gasteiger partial charge >= 0.3 is 0 Å². The highest BCUT2D eigenvalue weighted by atomic mass is 32.2. The van der Waals surface area contributed by atoms with E-state index in [-0.39, 0.29) is 16.2 Å². The fourth-order valence-electron chi connectivity index (χ4n) is 7.28. The number of carbonyl (C=O) groups is 1. The summed E-state index contributed by atoms with van der Waals surface area (Å²) in [5.74, 6) is 4.91. The van der Waals surface area contributed by atoms with E-state index in [9.17, 15) is 4.79 Å². The van der Waals surface area contributed by atoms with Gasteiger partial charge in [-0.2, -0.15) is 0 Å². The monoisotopic (exact) mass is 613 g/mol. The Balaban J connectivity index is 1.28. The maximum atomic E-state index is 13.6. The van der Waals surface area contributed by atoms with Crippen LogP contribution in [0.3, 0.4) is 0 Å². The third kappa shape index (κ3) is 5.12. The number of Topliss-reactive ketones (excluding diaryl/α,β-unsaturated/α-hetero) is 1. The van der Waals surface area contributed by atoms with Crippen LogP contribution in [-0.2, 0) is 11.2 Å². The van der Waals surface area contributed by atoms with Crippen molar-refractivity contribution in [3.8, 4) is 28.4 Å². The topological polar surface area (TPSA) is 80.2 Å². The van der Waals surface area contributed by atoms with E-state index in [0.29, 0.717) is 35.5 Å². The quantitative estimate of drug-likeness (QED) is 0.322. The Morgan fingerprint density at radius 2 is 1.98 bits per heavy atom. The van der Waals surface area contributed by atoms with Crippen LogP contribution in [0.2, 0.25) is 0 Å². The number of methoxy groups -OCH3 is 1. The van der Waals surface area contributed by atoms with Gasteiger partial charge in [0.05, 0.1) is 23.4 Å². The van der Waals surface area contributed by atoms with Gasteiger partial charge in [0, 0.05) is 42.9 Å². The van der Waals surface area contributed by atoms with E-state index in [2.05, 4.69) is 71.3 Å². The molecule has 9 heteroatoms. The van der Waals surface area contributed by atoms with Gasteiger partial charge < -0.3 is 15.0 Å². The largest absolute Gasteiger partial charge is 0.491 e. The molecule has 2 aromatic heterocycles. The van der Waals surface area contributed by atoms with Gasteiger partial charge in [-0.25, -0.2) is 9.97 Å². The van der Waals surface area contributed by atoms with Crippen LogP contribution in [0, 0.1) is 5.92 Å². The minimum Gasteiger partial charge on any atom is -0.491 e. The molecule has 1 fully saturated rings. The highest BCUT2D eigenvalue weighted by molar-refractivity contribution is 8.19. The standard InChI is InChI=1S/C34H39N5O2S2/c1-20(2)37-33-30(41-4)19-36-32(38-33)26-17-22(9-11-35-26)23-7-5-8-25-24(23)10-12-39-27-15-21(3)16-29(40)31(27)34(18-28(25)39)42-13-6-14-43-34/h5,7-9,11,17,19-21,28H,6,10,12-16,18H2,1-4H3,(H,36,37,38). The molecule has 7 nitrogen and oxygen atoms in total. The number of benzene rings is 1. The summed E-state index contributed by atoms with van der Waals surface area (Å²) in [5.41, 5.74) is 8.43. The number of thioether (sulfide) groups is 2. The van der Waals surface area contributed by atoms with E-state index in [4.69, 9.17) is 9.72 Å². The molecule has 224 valence electrons. The van der Waals surface area contributed by atoms with Crippen molar-refractivity contribution in [2.75, 3.05) is 30.5 Å². The number of rotatable bonds is 5. The number of aromatic nitrogens is 3. The summed E-state index contributed by atoms with van der Waals surface area (Å²) in [6.07, 6.45) is 8.44. The zero-order valence-corrected chi connectivity index (χ0v) is 27.0. The molecule has 1 aliphatic carbocycles. The second-order valence-electron chi connectivity index (χ2n) is 12.4. The molecule has 3 aromatic rings. The first-order chi connectivity index (χ1) is 20.9. The third-order valence-electron chi connectivity index (χ3n) is 9.04.